The Labute approximate surface area is 133 Å². The zero-order chi connectivity index (χ0) is 16.4. The van der Waals surface area contributed by atoms with Crippen LogP contribution in [0.5, 0.6) is 0 Å². The molecule has 0 saturated carbocycles. The zero-order valence-electron chi connectivity index (χ0n) is 13.3. The fraction of sp³-hybridized carbons (Fsp3) is 0.353. The molecule has 3 rings (SSSR count). The maximum Gasteiger partial charge on any atom is 0.419 e. The third kappa shape index (κ3) is 3.19. The van der Waals surface area contributed by atoms with Crippen molar-refractivity contribution < 1.29 is 8.83 Å². The molecule has 0 bridgehead atoms. The summed E-state index contributed by atoms with van der Waals surface area (Å²) in [4.78, 5) is 11.6. The number of oxazole rings is 1. The molecule has 0 fully saturated rings. The van der Waals surface area contributed by atoms with Gasteiger partial charge >= 0.3 is 5.76 Å². The minimum Gasteiger partial charge on any atom is -0.426 e. The maximum atomic E-state index is 11.6. The number of aromatic nitrogens is 3. The van der Waals surface area contributed by atoms with Crippen LogP contribution in [0.4, 0.5) is 0 Å². The monoisotopic (exact) mass is 311 g/mol. The molecule has 0 aliphatic heterocycles. The maximum absolute atomic E-state index is 11.6. The lowest BCUT2D eigenvalue weighted by atomic mass is 10.1. The highest BCUT2D eigenvalue weighted by Crippen LogP contribution is 2.18. The lowest BCUT2D eigenvalue weighted by Crippen LogP contribution is -2.08. The first-order chi connectivity index (χ1) is 11.0. The molecule has 0 amide bonds. The number of hydrogen-bond donors (Lipinski definition) is 0. The number of benzene rings is 1. The van der Waals surface area contributed by atoms with Gasteiger partial charge in [0.2, 0.25) is 11.8 Å². The van der Waals surface area contributed by atoms with Gasteiger partial charge in [0.25, 0.3) is 0 Å². The summed E-state index contributed by atoms with van der Waals surface area (Å²) in [7, 11) is 1.69. The van der Waals surface area contributed by atoms with E-state index in [2.05, 4.69) is 22.0 Å². The molecule has 6 nitrogen and oxygen atoms in total. The second-order valence-corrected chi connectivity index (χ2v) is 5.44. The van der Waals surface area contributed by atoms with E-state index in [0.29, 0.717) is 17.4 Å². The van der Waals surface area contributed by atoms with Crippen molar-refractivity contribution >= 4 is 11.1 Å². The van der Waals surface area contributed by atoms with Gasteiger partial charge in [0.05, 0.1) is 5.52 Å². The van der Waals surface area contributed by atoms with Crippen molar-refractivity contribution in [1.82, 2.24) is 14.8 Å². The topological polar surface area (TPSA) is 74.1 Å². The number of aryl methyl sites for hydroxylation is 4. The van der Waals surface area contributed by atoms with Crippen LogP contribution >= 0.6 is 0 Å². The lowest BCUT2D eigenvalue weighted by molar-refractivity contribution is 0.463. The van der Waals surface area contributed by atoms with Crippen molar-refractivity contribution in [3.8, 4) is 11.8 Å². The van der Waals surface area contributed by atoms with Gasteiger partial charge < -0.3 is 8.83 Å². The molecule has 2 heterocycles. The van der Waals surface area contributed by atoms with Crippen molar-refractivity contribution in [2.75, 3.05) is 0 Å². The Balaban J connectivity index is 1.70. The molecular formula is C17H17N3O3. The summed E-state index contributed by atoms with van der Waals surface area (Å²) in [5.74, 6) is 7.14. The summed E-state index contributed by atoms with van der Waals surface area (Å²) in [5, 5.41) is 7.74. The molecule has 1 aromatic carbocycles. The molecule has 0 unspecified atom stereocenters. The molecule has 0 aliphatic rings. The second kappa shape index (κ2) is 6.13. The van der Waals surface area contributed by atoms with E-state index in [9.17, 15) is 4.79 Å². The lowest BCUT2D eigenvalue weighted by Gasteiger charge is -1.97. The highest BCUT2D eigenvalue weighted by Gasteiger charge is 2.09. The number of rotatable bonds is 3. The molecule has 6 heteroatoms. The predicted molar refractivity (Wildman–Crippen MR) is 85.0 cm³/mol. The number of nitrogens with zero attached hydrogens (tertiary/aromatic N) is 3. The minimum absolute atomic E-state index is 0.358. The molecule has 2 aromatic heterocycles. The first kappa shape index (κ1) is 15.1. The van der Waals surface area contributed by atoms with Gasteiger partial charge in [0, 0.05) is 32.4 Å². The van der Waals surface area contributed by atoms with Gasteiger partial charge in [0.1, 0.15) is 0 Å². The molecule has 118 valence electrons. The van der Waals surface area contributed by atoms with Crippen LogP contribution in [0.15, 0.2) is 25.8 Å². The average molecular weight is 311 g/mol. The first-order valence-electron chi connectivity index (χ1n) is 7.42. The quantitative estimate of drug-likeness (QED) is 0.549. The Morgan fingerprint density at radius 3 is 2.78 bits per heavy atom. The zero-order valence-corrected chi connectivity index (χ0v) is 13.3. The third-order valence-corrected chi connectivity index (χ3v) is 3.57. The van der Waals surface area contributed by atoms with Crippen LogP contribution in [-0.2, 0) is 13.5 Å². The van der Waals surface area contributed by atoms with E-state index in [1.807, 2.05) is 19.1 Å². The summed E-state index contributed by atoms with van der Waals surface area (Å²) < 4.78 is 12.0. The van der Waals surface area contributed by atoms with Crippen molar-refractivity contribution in [3.63, 3.8) is 0 Å². The summed E-state index contributed by atoms with van der Waals surface area (Å²) in [5.41, 5.74) is 3.17. The predicted octanol–water partition coefficient (Wildman–Crippen LogP) is 2.51. The van der Waals surface area contributed by atoms with Crippen LogP contribution in [0.25, 0.3) is 11.1 Å². The average Bonchev–Trinajstić information content (AvgIpc) is 3.05. The van der Waals surface area contributed by atoms with Crippen molar-refractivity contribution in [1.29, 1.82) is 0 Å². The molecule has 0 spiro atoms. The molecule has 0 saturated heterocycles. The Hall–Kier alpha value is -2.81. The Morgan fingerprint density at radius 1 is 1.22 bits per heavy atom. The van der Waals surface area contributed by atoms with Crippen LogP contribution in [0, 0.1) is 25.7 Å². The summed E-state index contributed by atoms with van der Waals surface area (Å²) in [6.07, 6.45) is 2.33. The summed E-state index contributed by atoms with van der Waals surface area (Å²) >= 11 is 0. The Bertz CT molecular complexity index is 967. The third-order valence-electron chi connectivity index (χ3n) is 3.57. The van der Waals surface area contributed by atoms with E-state index >= 15 is 0 Å². The van der Waals surface area contributed by atoms with E-state index in [1.165, 1.54) is 4.57 Å². The fourth-order valence-electron chi connectivity index (χ4n) is 2.39. The van der Waals surface area contributed by atoms with Gasteiger partial charge in [0.15, 0.2) is 5.58 Å². The van der Waals surface area contributed by atoms with Gasteiger partial charge in [-0.1, -0.05) is 11.8 Å². The molecule has 3 aromatic rings. The normalized spacial score (nSPS) is 10.7. The largest absolute Gasteiger partial charge is 0.426 e. The first-order valence-corrected chi connectivity index (χ1v) is 7.42. The fourth-order valence-corrected chi connectivity index (χ4v) is 2.39. The summed E-state index contributed by atoms with van der Waals surface area (Å²) in [6.45, 7) is 3.69. The molecule has 0 aliphatic carbocycles. The van der Waals surface area contributed by atoms with Gasteiger partial charge in [-0.2, -0.15) is 0 Å². The van der Waals surface area contributed by atoms with Gasteiger partial charge in [-0.3, -0.25) is 4.57 Å². The van der Waals surface area contributed by atoms with Crippen LogP contribution in [0.3, 0.4) is 0 Å². The van der Waals surface area contributed by atoms with Gasteiger partial charge in [-0.25, -0.2) is 4.79 Å². The highest BCUT2D eigenvalue weighted by atomic mass is 16.4. The molecule has 23 heavy (non-hydrogen) atoms. The van der Waals surface area contributed by atoms with Crippen LogP contribution in [0.1, 0.15) is 35.7 Å². The van der Waals surface area contributed by atoms with Crippen LogP contribution in [0.2, 0.25) is 0 Å². The number of hydrogen-bond acceptors (Lipinski definition) is 5. The van der Waals surface area contributed by atoms with Crippen LogP contribution < -0.4 is 5.76 Å². The van der Waals surface area contributed by atoms with Gasteiger partial charge in [-0.05, 0) is 31.0 Å². The van der Waals surface area contributed by atoms with Gasteiger partial charge in [-0.15, -0.1) is 10.2 Å². The SMILES string of the molecule is Cc1nnc(CCCC#Cc2cc(C)c3oc(=O)n(C)c3c2)o1. The number of unbranched alkanes of at least 4 members (excludes halogenated alkanes) is 1. The van der Waals surface area contributed by atoms with Crippen molar-refractivity contribution in [2.45, 2.75) is 33.1 Å². The van der Waals surface area contributed by atoms with Crippen molar-refractivity contribution in [3.05, 3.63) is 45.6 Å². The molecular weight excluding hydrogens is 294 g/mol. The Morgan fingerprint density at radius 2 is 2.04 bits per heavy atom. The summed E-state index contributed by atoms with van der Waals surface area (Å²) in [6, 6.07) is 3.81. The molecule has 0 N–H and O–H groups in total. The second-order valence-electron chi connectivity index (χ2n) is 5.44. The number of fused-ring (bicyclic) bond motifs is 1. The smallest absolute Gasteiger partial charge is 0.419 e. The Kier molecular flexibility index (Phi) is 4.02. The molecule has 0 radical (unpaired) electrons. The molecule has 0 atom stereocenters. The van der Waals surface area contributed by atoms with E-state index in [0.717, 1.165) is 35.9 Å². The van der Waals surface area contributed by atoms with E-state index in [1.54, 1.807) is 14.0 Å². The highest BCUT2D eigenvalue weighted by molar-refractivity contribution is 5.78. The standard InChI is InChI=1S/C17H17N3O3/c1-11-9-13(10-14-16(11)23-17(21)20(14)3)7-5-4-6-8-15-19-18-12(2)22-15/h9-10H,4,6,8H2,1-3H3. The van der Waals surface area contributed by atoms with E-state index < -0.39 is 0 Å². The van der Waals surface area contributed by atoms with Crippen LogP contribution in [-0.4, -0.2) is 14.8 Å². The van der Waals surface area contributed by atoms with E-state index in [-0.39, 0.29) is 5.76 Å². The van der Waals surface area contributed by atoms with Crippen molar-refractivity contribution in [2.24, 2.45) is 7.05 Å². The minimum atomic E-state index is -0.358. The van der Waals surface area contributed by atoms with E-state index in [4.69, 9.17) is 8.83 Å².